The number of hydrogen-bond acceptors (Lipinski definition) is 4. The average Bonchev–Trinajstić information content (AvgIpc) is 3.49. The molecule has 0 spiro atoms. The predicted octanol–water partition coefficient (Wildman–Crippen LogP) is 17.3. The van der Waals surface area contributed by atoms with Crippen molar-refractivity contribution in [1.29, 1.82) is 0 Å². The summed E-state index contributed by atoms with van der Waals surface area (Å²) >= 11 is 6.45. The molecule has 0 fully saturated rings. The molecule has 0 aliphatic heterocycles. The molecule has 0 bridgehead atoms. The number of hydrogen-bond donors (Lipinski definition) is 0. The van der Waals surface area contributed by atoms with Crippen LogP contribution in [-0.4, -0.2) is 51.2 Å². The first-order valence-electron chi connectivity index (χ1n) is 25.9. The van der Waals surface area contributed by atoms with E-state index in [1.54, 1.807) is 12.7 Å². The lowest BCUT2D eigenvalue weighted by atomic mass is 9.48. The standard InChI is InChI=1S/C62H102ClNO3/c1-44-37-48(33-34-49(44)42-63)51(38-55(2,3)4)60(14,15)58(10,11)40-52(46-27-25-23-24-26-28-46)61(16,17)59(12,13)41-53(54(65)67-36-35-66-22)62(18,19)57(8,9)39-50(56(5,6)7)47-31-29-45(30-32-47)43-64(20)21/h23-25,27-34,44,50-53H,26,35-43H2,1-22H3. The first kappa shape index (κ1) is 58.9. The fourth-order valence-corrected chi connectivity index (χ4v) is 11.7. The molecule has 3 rings (SSSR count). The second kappa shape index (κ2) is 22.8. The summed E-state index contributed by atoms with van der Waals surface area (Å²) in [5.41, 5.74) is 5.87. The number of rotatable bonds is 23. The minimum atomic E-state index is -0.427. The lowest BCUT2D eigenvalue weighted by Gasteiger charge is -2.57. The fourth-order valence-electron chi connectivity index (χ4n) is 11.3. The molecule has 0 aromatic heterocycles. The zero-order chi connectivity index (χ0) is 51.2. The molecule has 4 nitrogen and oxygen atoms in total. The molecule has 0 N–H and O–H groups in total. The van der Waals surface area contributed by atoms with Gasteiger partial charge in [0.05, 0.1) is 12.5 Å². The zero-order valence-corrected chi connectivity index (χ0v) is 48.1. The van der Waals surface area contributed by atoms with Crippen molar-refractivity contribution < 1.29 is 14.3 Å². The van der Waals surface area contributed by atoms with Crippen LogP contribution in [0.3, 0.4) is 0 Å². The van der Waals surface area contributed by atoms with Crippen LogP contribution in [0.5, 0.6) is 0 Å². The molecular formula is C62H102ClNO3. The summed E-state index contributed by atoms with van der Waals surface area (Å²) in [6.45, 7) is 47.9. The van der Waals surface area contributed by atoms with Gasteiger partial charge in [-0.15, -0.1) is 11.6 Å². The number of carbonyl (C=O) groups excluding carboxylic acids is 1. The Morgan fingerprint density at radius 1 is 0.701 bits per heavy atom. The highest BCUT2D eigenvalue weighted by atomic mass is 35.5. The van der Waals surface area contributed by atoms with Crippen LogP contribution in [0.1, 0.15) is 187 Å². The van der Waals surface area contributed by atoms with Crippen LogP contribution < -0.4 is 0 Å². The Morgan fingerprint density at radius 3 is 1.78 bits per heavy atom. The fraction of sp³-hybridized carbons (Fsp3) is 0.726. The van der Waals surface area contributed by atoms with Gasteiger partial charge in [0.25, 0.3) is 0 Å². The number of methoxy groups -OCH3 is 1. The van der Waals surface area contributed by atoms with E-state index in [2.05, 4.69) is 217 Å². The Labute approximate surface area is 419 Å². The number of allylic oxidation sites excluding steroid dienone is 10. The van der Waals surface area contributed by atoms with E-state index in [9.17, 15) is 4.79 Å². The molecule has 1 aromatic rings. The smallest absolute Gasteiger partial charge is 0.309 e. The van der Waals surface area contributed by atoms with Gasteiger partial charge in [0.1, 0.15) is 6.61 Å². The topological polar surface area (TPSA) is 38.8 Å². The van der Waals surface area contributed by atoms with Crippen molar-refractivity contribution in [2.24, 2.45) is 67.0 Å². The summed E-state index contributed by atoms with van der Waals surface area (Å²) < 4.78 is 11.7. The third kappa shape index (κ3) is 14.8. The highest BCUT2D eigenvalue weighted by Gasteiger charge is 2.55. The van der Waals surface area contributed by atoms with Crippen molar-refractivity contribution in [3.05, 3.63) is 94.6 Å². The number of carbonyl (C=O) groups is 1. The van der Waals surface area contributed by atoms with Crippen LogP contribution in [0.4, 0.5) is 0 Å². The molecule has 0 saturated heterocycles. The minimum Gasteiger partial charge on any atom is -0.463 e. The van der Waals surface area contributed by atoms with Crippen molar-refractivity contribution in [3.8, 4) is 0 Å². The maximum atomic E-state index is 14.9. The molecule has 0 amide bonds. The second-order valence-electron chi connectivity index (χ2n) is 27.4. The molecule has 5 heteroatoms. The van der Waals surface area contributed by atoms with Crippen LogP contribution in [-0.2, 0) is 20.8 Å². The molecule has 0 saturated carbocycles. The Hall–Kier alpha value is -2.40. The Balaban J connectivity index is 2.19. The van der Waals surface area contributed by atoms with E-state index in [0.29, 0.717) is 30.7 Å². The first-order valence-corrected chi connectivity index (χ1v) is 26.5. The van der Waals surface area contributed by atoms with Crippen LogP contribution in [0.25, 0.3) is 0 Å². The van der Waals surface area contributed by atoms with Crippen molar-refractivity contribution in [3.63, 3.8) is 0 Å². The van der Waals surface area contributed by atoms with Crippen LogP contribution in [0.2, 0.25) is 0 Å². The van der Waals surface area contributed by atoms with Crippen LogP contribution >= 0.6 is 11.6 Å². The van der Waals surface area contributed by atoms with Crippen molar-refractivity contribution >= 4 is 17.6 Å². The van der Waals surface area contributed by atoms with E-state index < -0.39 is 5.41 Å². The SMILES string of the molecule is COCCOC(=O)C(CC(C)(C)C(C)(C)C(CC(C)(C)C(C)(C)C(CC(C)(C)C)C1=CC=C(CCl)C(C)C1)C1=CCC=CC=C1)C(C)(C)C(C)(C)CC(c1ccc(CN(C)C)cc1)C(C)(C)C. The molecule has 2 aliphatic carbocycles. The summed E-state index contributed by atoms with van der Waals surface area (Å²) in [4.78, 5) is 17.2. The molecule has 0 radical (unpaired) electrons. The molecule has 5 unspecified atom stereocenters. The Kier molecular flexibility index (Phi) is 20.0. The summed E-state index contributed by atoms with van der Waals surface area (Å²) in [5.74, 6) is 1.48. The van der Waals surface area contributed by atoms with Gasteiger partial charge in [-0.25, -0.2) is 0 Å². The van der Waals surface area contributed by atoms with Gasteiger partial charge in [0.15, 0.2) is 0 Å². The maximum absolute atomic E-state index is 14.9. The third-order valence-corrected chi connectivity index (χ3v) is 18.6. The monoisotopic (exact) mass is 944 g/mol. The lowest BCUT2D eigenvalue weighted by molar-refractivity contribution is -0.163. The highest BCUT2D eigenvalue weighted by molar-refractivity contribution is 6.19. The number of alkyl halides is 1. The van der Waals surface area contributed by atoms with Crippen LogP contribution in [0, 0.1) is 67.0 Å². The van der Waals surface area contributed by atoms with Gasteiger partial charge in [-0.05, 0) is 136 Å². The molecule has 67 heavy (non-hydrogen) atoms. The average molecular weight is 945 g/mol. The van der Waals surface area contributed by atoms with Gasteiger partial charge < -0.3 is 14.4 Å². The second-order valence-corrected chi connectivity index (χ2v) is 27.6. The van der Waals surface area contributed by atoms with Crippen molar-refractivity contribution in [1.82, 2.24) is 4.90 Å². The van der Waals surface area contributed by atoms with Gasteiger partial charge in [-0.3, -0.25) is 4.79 Å². The maximum Gasteiger partial charge on any atom is 0.309 e. The first-order chi connectivity index (χ1) is 30.6. The van der Waals surface area contributed by atoms with Gasteiger partial charge in [-0.1, -0.05) is 209 Å². The van der Waals surface area contributed by atoms with E-state index in [1.165, 1.54) is 22.3 Å². The molecule has 1 aromatic carbocycles. The van der Waals surface area contributed by atoms with Gasteiger partial charge in [0, 0.05) is 19.5 Å². The number of nitrogens with zero attached hydrogens (tertiary/aromatic N) is 1. The summed E-state index contributed by atoms with van der Waals surface area (Å²) in [7, 11) is 5.92. The lowest BCUT2D eigenvalue weighted by Crippen LogP contribution is -2.50. The zero-order valence-electron chi connectivity index (χ0n) is 47.4. The summed E-state index contributed by atoms with van der Waals surface area (Å²) in [6, 6.07) is 9.30. The molecular weight excluding hydrogens is 842 g/mol. The Bertz CT molecular complexity index is 1920. The van der Waals surface area contributed by atoms with E-state index in [-0.39, 0.29) is 68.2 Å². The van der Waals surface area contributed by atoms with Crippen molar-refractivity contribution in [2.45, 2.75) is 183 Å². The quantitative estimate of drug-likeness (QED) is 0.0622. The molecule has 0 heterocycles. The summed E-state index contributed by atoms with van der Waals surface area (Å²) in [6.07, 6.45) is 22.1. The highest BCUT2D eigenvalue weighted by Crippen LogP contribution is 2.62. The molecule has 5 atom stereocenters. The van der Waals surface area contributed by atoms with E-state index in [1.807, 2.05) is 0 Å². The number of benzene rings is 1. The third-order valence-electron chi connectivity index (χ3n) is 18.3. The summed E-state index contributed by atoms with van der Waals surface area (Å²) in [5, 5.41) is 0. The van der Waals surface area contributed by atoms with Gasteiger partial charge in [0.2, 0.25) is 0 Å². The molecule has 2 aliphatic rings. The Morgan fingerprint density at radius 2 is 1.25 bits per heavy atom. The minimum absolute atomic E-state index is 0.0102. The van der Waals surface area contributed by atoms with Crippen molar-refractivity contribution in [2.75, 3.05) is 40.3 Å². The van der Waals surface area contributed by atoms with Gasteiger partial charge >= 0.3 is 5.97 Å². The van der Waals surface area contributed by atoms with E-state index in [0.717, 1.165) is 38.6 Å². The largest absolute Gasteiger partial charge is 0.463 e. The predicted molar refractivity (Wildman–Crippen MR) is 292 cm³/mol. The number of esters is 1. The normalized spacial score (nSPS) is 19.0. The van der Waals surface area contributed by atoms with E-state index in [4.69, 9.17) is 21.1 Å². The van der Waals surface area contributed by atoms with Gasteiger partial charge in [-0.2, -0.15) is 0 Å². The number of ether oxygens (including phenoxy) is 2. The number of halogens is 1. The van der Waals surface area contributed by atoms with Crippen LogP contribution in [0.15, 0.2) is 83.5 Å². The molecule has 380 valence electrons. The van der Waals surface area contributed by atoms with E-state index >= 15 is 0 Å².